The van der Waals surface area contributed by atoms with E-state index in [1.807, 2.05) is 0 Å². The lowest BCUT2D eigenvalue weighted by molar-refractivity contribution is -0.142. The van der Waals surface area contributed by atoms with Crippen LogP contribution < -0.4 is 10.3 Å². The van der Waals surface area contributed by atoms with E-state index in [2.05, 4.69) is 0 Å². The summed E-state index contributed by atoms with van der Waals surface area (Å²) in [7, 11) is 0. The number of fused-ring (bicyclic) bond motifs is 1. The van der Waals surface area contributed by atoms with Gasteiger partial charge < -0.3 is 4.74 Å². The van der Waals surface area contributed by atoms with Crippen molar-refractivity contribution >= 4 is 29.2 Å². The maximum Gasteiger partial charge on any atom is 0.316 e. The lowest BCUT2D eigenvalue weighted by Crippen LogP contribution is -2.27. The molecule has 1 aromatic carbocycles. The van der Waals surface area contributed by atoms with Gasteiger partial charge in [0.1, 0.15) is 10.9 Å². The van der Waals surface area contributed by atoms with E-state index in [0.29, 0.717) is 34.4 Å². The molecule has 5 nitrogen and oxygen atoms in total. The number of carbonyl (C=O) groups is 1. The topological polar surface area (TPSA) is 53.2 Å². The van der Waals surface area contributed by atoms with E-state index < -0.39 is 11.4 Å². The molecular weight excluding hydrogens is 363 g/mol. The third-order valence-electron chi connectivity index (χ3n) is 4.20. The minimum atomic E-state index is -0.661. The molecule has 1 aliphatic rings. The highest BCUT2D eigenvalue weighted by atomic mass is 35.5. The Morgan fingerprint density at radius 1 is 1.12 bits per heavy atom. The predicted molar refractivity (Wildman–Crippen MR) is 98.5 cm³/mol. The number of carbonyl (C=O) groups excluding carboxylic acids is 1. The fraction of sp³-hybridized carbons (Fsp3) is 0.444. The van der Waals surface area contributed by atoms with Gasteiger partial charge in [0, 0.05) is 13.1 Å². The number of halogens is 2. The normalized spacial score (nSPS) is 14.3. The Balaban J connectivity index is 2.05. The maximum absolute atomic E-state index is 12.7. The van der Waals surface area contributed by atoms with Gasteiger partial charge in [-0.15, -0.1) is 0 Å². The molecule has 134 valence electrons. The van der Waals surface area contributed by atoms with Crippen molar-refractivity contribution < 1.29 is 9.53 Å². The second kappa shape index (κ2) is 6.54. The number of hydrogen-bond acceptors (Lipinski definition) is 3. The smallest absolute Gasteiger partial charge is 0.316 e. The number of hydrogen-bond donors (Lipinski definition) is 0. The summed E-state index contributed by atoms with van der Waals surface area (Å²) in [6, 6.07) is 4.92. The summed E-state index contributed by atoms with van der Waals surface area (Å²) in [5, 5.41) is 0.710. The summed E-state index contributed by atoms with van der Waals surface area (Å²) in [4.78, 5) is 24.9. The van der Waals surface area contributed by atoms with E-state index in [9.17, 15) is 9.59 Å². The van der Waals surface area contributed by atoms with Gasteiger partial charge in [-0.05, 0) is 51.3 Å². The molecule has 0 N–H and O–H groups in total. The van der Waals surface area contributed by atoms with Gasteiger partial charge in [0.15, 0.2) is 0 Å². The van der Waals surface area contributed by atoms with E-state index in [4.69, 9.17) is 27.9 Å². The Kier molecular flexibility index (Phi) is 4.73. The van der Waals surface area contributed by atoms with Crippen molar-refractivity contribution in [3.63, 3.8) is 0 Å². The third-order valence-corrected chi connectivity index (χ3v) is 4.89. The number of rotatable bonds is 2. The minimum Gasteiger partial charge on any atom is -0.425 e. The minimum absolute atomic E-state index is 0.139. The highest BCUT2D eigenvalue weighted by Gasteiger charge is 2.26. The van der Waals surface area contributed by atoms with Crippen molar-refractivity contribution in [1.82, 2.24) is 9.36 Å². The molecule has 0 fully saturated rings. The van der Waals surface area contributed by atoms with E-state index in [1.165, 1.54) is 0 Å². The molecule has 0 atom stereocenters. The Hall–Kier alpha value is -1.72. The molecule has 0 aliphatic carbocycles. The second-order valence-corrected chi connectivity index (χ2v) is 7.97. The van der Waals surface area contributed by atoms with Crippen molar-refractivity contribution in [3.05, 3.63) is 38.7 Å². The van der Waals surface area contributed by atoms with Crippen LogP contribution in [0.3, 0.4) is 0 Å². The first kappa shape index (κ1) is 18.1. The Bertz CT molecular complexity index is 891. The monoisotopic (exact) mass is 382 g/mol. The second-order valence-electron chi connectivity index (χ2n) is 7.21. The van der Waals surface area contributed by atoms with Crippen molar-refractivity contribution in [2.75, 3.05) is 0 Å². The van der Waals surface area contributed by atoms with Crippen LogP contribution in [-0.2, 0) is 17.9 Å². The first-order valence-corrected chi connectivity index (χ1v) is 8.97. The van der Waals surface area contributed by atoms with Gasteiger partial charge in [-0.2, -0.15) is 0 Å². The van der Waals surface area contributed by atoms with Crippen LogP contribution in [0.1, 0.15) is 33.6 Å². The lowest BCUT2D eigenvalue weighted by atomic mass is 9.97. The summed E-state index contributed by atoms with van der Waals surface area (Å²) >= 11 is 12.6. The predicted octanol–water partition coefficient (Wildman–Crippen LogP) is 4.37. The van der Waals surface area contributed by atoms with Crippen molar-refractivity contribution in [3.8, 4) is 16.9 Å². The van der Waals surface area contributed by atoms with Crippen LogP contribution in [0.4, 0.5) is 0 Å². The molecule has 0 saturated carbocycles. The zero-order chi connectivity index (χ0) is 18.4. The first-order valence-electron chi connectivity index (χ1n) is 8.21. The molecule has 1 aliphatic heterocycles. The van der Waals surface area contributed by atoms with Crippen LogP contribution in [0.15, 0.2) is 23.0 Å². The molecule has 7 heteroatoms. The van der Waals surface area contributed by atoms with Gasteiger partial charge in [0.2, 0.25) is 0 Å². The third kappa shape index (κ3) is 3.35. The summed E-state index contributed by atoms with van der Waals surface area (Å²) in [5.74, 6) is -0.172. The number of esters is 1. The van der Waals surface area contributed by atoms with Gasteiger partial charge in [-0.25, -0.2) is 4.68 Å². The summed E-state index contributed by atoms with van der Waals surface area (Å²) in [6.45, 7) is 6.65. The zero-order valence-electron chi connectivity index (χ0n) is 14.4. The van der Waals surface area contributed by atoms with Gasteiger partial charge in [-0.3, -0.25) is 14.3 Å². The molecule has 0 radical (unpaired) electrons. The molecule has 2 heterocycles. The number of nitrogens with zero attached hydrogens (tertiary/aromatic N) is 2. The van der Waals surface area contributed by atoms with Gasteiger partial charge in [-0.1, -0.05) is 29.3 Å². The number of benzene rings is 1. The highest BCUT2D eigenvalue weighted by molar-refractivity contribution is 6.33. The summed E-state index contributed by atoms with van der Waals surface area (Å²) < 4.78 is 8.89. The van der Waals surface area contributed by atoms with Crippen LogP contribution in [-0.4, -0.2) is 15.3 Å². The fourth-order valence-corrected chi connectivity index (χ4v) is 3.28. The number of ether oxygens (including phenoxy) is 1. The molecule has 0 amide bonds. The summed E-state index contributed by atoms with van der Waals surface area (Å²) in [6.07, 6.45) is 1.94. The van der Waals surface area contributed by atoms with Crippen LogP contribution in [0.25, 0.3) is 11.1 Å². The summed E-state index contributed by atoms with van der Waals surface area (Å²) in [5.41, 5.74) is 0.199. The quantitative estimate of drug-likeness (QED) is 0.572. The Morgan fingerprint density at radius 2 is 1.76 bits per heavy atom. The van der Waals surface area contributed by atoms with Crippen LogP contribution in [0.5, 0.6) is 5.75 Å². The maximum atomic E-state index is 12.7. The molecule has 0 saturated heterocycles. The van der Waals surface area contributed by atoms with E-state index in [-0.39, 0.29) is 11.3 Å². The van der Waals surface area contributed by atoms with Crippen molar-refractivity contribution in [2.24, 2.45) is 5.41 Å². The molecule has 0 spiro atoms. The zero-order valence-corrected chi connectivity index (χ0v) is 15.9. The average molecular weight is 383 g/mol. The van der Waals surface area contributed by atoms with Crippen LogP contribution in [0.2, 0.25) is 10.2 Å². The lowest BCUT2D eigenvalue weighted by Gasteiger charge is -2.17. The van der Waals surface area contributed by atoms with Gasteiger partial charge in [0.05, 0.1) is 16.0 Å². The van der Waals surface area contributed by atoms with Crippen LogP contribution in [0, 0.1) is 5.41 Å². The average Bonchev–Trinajstić information content (AvgIpc) is 2.81. The van der Waals surface area contributed by atoms with E-state index in [0.717, 1.165) is 12.8 Å². The van der Waals surface area contributed by atoms with E-state index >= 15 is 0 Å². The fourth-order valence-electron chi connectivity index (χ4n) is 2.76. The van der Waals surface area contributed by atoms with Crippen LogP contribution >= 0.6 is 23.2 Å². The van der Waals surface area contributed by atoms with Crippen molar-refractivity contribution in [1.29, 1.82) is 0 Å². The largest absolute Gasteiger partial charge is 0.425 e. The molecular formula is C18H20Cl2N2O3. The van der Waals surface area contributed by atoms with Gasteiger partial charge >= 0.3 is 5.97 Å². The molecule has 0 unspecified atom stereocenters. The molecule has 1 aromatic heterocycles. The Labute approximate surface area is 156 Å². The van der Waals surface area contributed by atoms with E-state index in [1.54, 1.807) is 48.3 Å². The standard InChI is InChI=1S/C18H20Cl2N2O3/c1-18(2,3)17(24)25-13-10-11(6-7-12(13)19)14-15(20)21-8-4-5-9-22(21)16(14)23/h6-7,10H,4-5,8-9H2,1-3H3. The first-order chi connectivity index (χ1) is 11.7. The molecule has 0 bridgehead atoms. The number of aromatic nitrogens is 2. The Morgan fingerprint density at radius 3 is 2.36 bits per heavy atom. The molecule has 2 aromatic rings. The molecule has 3 rings (SSSR count). The SMILES string of the molecule is CC(C)(C)C(=O)Oc1cc(-c2c(Cl)n3n(c2=O)CCCC3)ccc1Cl. The van der Waals surface area contributed by atoms with Crippen molar-refractivity contribution in [2.45, 2.75) is 46.7 Å². The highest BCUT2D eigenvalue weighted by Crippen LogP contribution is 2.34. The molecule has 25 heavy (non-hydrogen) atoms. The van der Waals surface area contributed by atoms with Gasteiger partial charge in [0.25, 0.3) is 5.56 Å².